The largest absolute Gasteiger partial charge is 0.474 e. The molecule has 0 N–H and O–H groups in total. The fourth-order valence-electron chi connectivity index (χ4n) is 3.60. The van der Waals surface area contributed by atoms with Gasteiger partial charge >= 0.3 is 0 Å². The molecule has 2 aromatic rings. The molecule has 0 saturated carbocycles. The summed E-state index contributed by atoms with van der Waals surface area (Å²) < 4.78 is 52.1. The van der Waals surface area contributed by atoms with Gasteiger partial charge in [-0.15, -0.1) is 0 Å². The maximum absolute atomic E-state index is 13.3. The minimum absolute atomic E-state index is 0.0133. The summed E-state index contributed by atoms with van der Waals surface area (Å²) >= 11 is 0. The molecule has 2 aromatic heterocycles. The van der Waals surface area contributed by atoms with Crippen LogP contribution in [-0.2, 0) is 19.6 Å². The first-order chi connectivity index (χ1) is 16.1. The van der Waals surface area contributed by atoms with E-state index in [1.165, 1.54) is 37.6 Å². The van der Waals surface area contributed by atoms with Crippen LogP contribution in [0.5, 0.6) is 5.88 Å². The summed E-state index contributed by atoms with van der Waals surface area (Å²) in [7, 11) is -2.46. The second-order valence-corrected chi connectivity index (χ2v) is 10.5. The van der Waals surface area contributed by atoms with Crippen molar-refractivity contribution >= 4 is 21.7 Å². The Bertz CT molecular complexity index is 1060. The normalized spacial score (nSPS) is 15.9. The number of nitrogens with zero attached hydrogens (tertiary/aromatic N) is 4. The number of amides is 1. The van der Waals surface area contributed by atoms with Crippen LogP contribution in [0.3, 0.4) is 0 Å². The highest BCUT2D eigenvalue weighted by atomic mass is 32.2. The summed E-state index contributed by atoms with van der Waals surface area (Å²) in [5, 5.41) is 0. The molecule has 34 heavy (non-hydrogen) atoms. The first kappa shape index (κ1) is 25.8. The lowest BCUT2D eigenvalue weighted by Crippen LogP contribution is -2.45. The van der Waals surface area contributed by atoms with Crippen LogP contribution in [0.1, 0.15) is 33.6 Å². The number of likely N-dealkylation sites (tertiary alicyclic amines) is 1. The summed E-state index contributed by atoms with van der Waals surface area (Å²) in [6.07, 6.45) is 2.92. The average molecular weight is 495 g/mol. The molecule has 3 rings (SSSR count). The van der Waals surface area contributed by atoms with Crippen molar-refractivity contribution in [3.05, 3.63) is 42.5 Å². The van der Waals surface area contributed by atoms with Crippen molar-refractivity contribution in [1.82, 2.24) is 14.9 Å². The van der Waals surface area contributed by atoms with E-state index in [2.05, 4.69) is 9.97 Å². The molecule has 0 unspecified atom stereocenters. The first-order valence-corrected chi connectivity index (χ1v) is 12.6. The van der Waals surface area contributed by atoms with Gasteiger partial charge in [0.25, 0.3) is 15.9 Å². The second kappa shape index (κ2) is 11.1. The highest BCUT2D eigenvalue weighted by molar-refractivity contribution is 7.92. The molecule has 1 aliphatic rings. The minimum Gasteiger partial charge on any atom is -0.474 e. The van der Waals surface area contributed by atoms with E-state index in [0.29, 0.717) is 31.8 Å². The zero-order valence-electron chi connectivity index (χ0n) is 19.8. The molecule has 0 aromatic carbocycles. The number of anilines is 1. The molecular formula is C23H31FN4O5S. The van der Waals surface area contributed by atoms with E-state index >= 15 is 0 Å². The highest BCUT2D eigenvalue weighted by Crippen LogP contribution is 2.25. The van der Waals surface area contributed by atoms with Gasteiger partial charge in [0.1, 0.15) is 28.7 Å². The third kappa shape index (κ3) is 6.20. The van der Waals surface area contributed by atoms with E-state index in [-0.39, 0.29) is 35.2 Å². The summed E-state index contributed by atoms with van der Waals surface area (Å²) in [5.41, 5.74) is 0. The predicted octanol–water partition coefficient (Wildman–Crippen LogP) is 2.87. The molecule has 1 aliphatic heterocycles. The fraction of sp³-hybridized carbons (Fsp3) is 0.522. The maximum atomic E-state index is 13.3. The third-order valence-corrected chi connectivity index (χ3v) is 7.29. The number of hydrogen-bond acceptors (Lipinski definition) is 7. The summed E-state index contributed by atoms with van der Waals surface area (Å²) in [6, 6.07) is 5.47. The molecule has 1 amide bonds. The number of sulfonamides is 1. The Morgan fingerprint density at radius 2 is 1.85 bits per heavy atom. The number of halogens is 1. The Kier molecular flexibility index (Phi) is 8.42. The number of hydrogen-bond donors (Lipinski definition) is 0. The van der Waals surface area contributed by atoms with Crippen LogP contribution in [0.15, 0.2) is 41.6 Å². The Morgan fingerprint density at radius 1 is 1.15 bits per heavy atom. The Morgan fingerprint density at radius 3 is 2.38 bits per heavy atom. The van der Waals surface area contributed by atoms with E-state index < -0.39 is 21.9 Å². The Balaban J connectivity index is 1.68. The van der Waals surface area contributed by atoms with Crippen LogP contribution in [0.2, 0.25) is 0 Å². The standard InChI is InChI=1S/C23H31FN4O5S/c1-16(2)15-28(21-7-5-18(24)13-25-21)34(30,31)20-6-8-22(26-14-20)33-19-9-11-27(12-10-19)23(29)17(3)32-4/h5-8,13-14,16-17,19H,9-12,15H2,1-4H3/t17-/m1/s1. The third-order valence-electron chi connectivity index (χ3n) is 5.54. The number of carbonyl (C=O) groups excluding carboxylic acids is 1. The van der Waals surface area contributed by atoms with Gasteiger partial charge in [0.15, 0.2) is 0 Å². The molecule has 3 heterocycles. The van der Waals surface area contributed by atoms with E-state index in [0.717, 1.165) is 10.5 Å². The number of piperidine rings is 1. The van der Waals surface area contributed by atoms with E-state index in [1.54, 1.807) is 11.8 Å². The van der Waals surface area contributed by atoms with Gasteiger partial charge in [0.05, 0.1) is 12.4 Å². The van der Waals surface area contributed by atoms with Gasteiger partial charge in [-0.05, 0) is 31.0 Å². The van der Waals surface area contributed by atoms with Gasteiger partial charge in [-0.25, -0.2) is 27.1 Å². The van der Waals surface area contributed by atoms with Crippen molar-refractivity contribution < 1.29 is 27.1 Å². The SMILES string of the molecule is CO[C@H](C)C(=O)N1CCC(Oc2ccc(S(=O)(=O)N(CC(C)C)c3ccc(F)cn3)cn2)CC1. The van der Waals surface area contributed by atoms with E-state index in [9.17, 15) is 17.6 Å². The van der Waals surface area contributed by atoms with Gasteiger partial charge in [-0.2, -0.15) is 0 Å². The van der Waals surface area contributed by atoms with Gasteiger partial charge in [0, 0.05) is 45.7 Å². The number of pyridine rings is 2. The molecular weight excluding hydrogens is 463 g/mol. The highest BCUT2D eigenvalue weighted by Gasteiger charge is 2.29. The summed E-state index contributed by atoms with van der Waals surface area (Å²) in [4.78, 5) is 22.1. The van der Waals surface area contributed by atoms with Crippen LogP contribution in [0.25, 0.3) is 0 Å². The predicted molar refractivity (Wildman–Crippen MR) is 125 cm³/mol. The molecule has 0 aliphatic carbocycles. The molecule has 11 heteroatoms. The van der Waals surface area contributed by atoms with Gasteiger partial charge < -0.3 is 14.4 Å². The average Bonchev–Trinajstić information content (AvgIpc) is 2.83. The zero-order chi connectivity index (χ0) is 24.9. The van der Waals surface area contributed by atoms with Crippen LogP contribution >= 0.6 is 0 Å². The lowest BCUT2D eigenvalue weighted by molar-refractivity contribution is -0.142. The summed E-state index contributed by atoms with van der Waals surface area (Å²) in [5.74, 6) is -0.127. The minimum atomic E-state index is -3.97. The molecule has 1 saturated heterocycles. The lowest BCUT2D eigenvalue weighted by atomic mass is 10.1. The van der Waals surface area contributed by atoms with Crippen LogP contribution < -0.4 is 9.04 Å². The van der Waals surface area contributed by atoms with Crippen molar-refractivity contribution in [3.8, 4) is 5.88 Å². The van der Waals surface area contributed by atoms with E-state index in [1.807, 2.05) is 13.8 Å². The fourth-order valence-corrected chi connectivity index (χ4v) is 5.13. The molecule has 0 radical (unpaired) electrons. The number of rotatable bonds is 9. The Hall–Kier alpha value is -2.79. The molecule has 0 spiro atoms. The topological polar surface area (TPSA) is 102 Å². The molecule has 186 valence electrons. The van der Waals surface area contributed by atoms with Crippen molar-refractivity contribution in [2.75, 3.05) is 31.0 Å². The molecule has 1 atom stereocenters. The van der Waals surface area contributed by atoms with Crippen molar-refractivity contribution in [1.29, 1.82) is 0 Å². The zero-order valence-corrected chi connectivity index (χ0v) is 20.7. The van der Waals surface area contributed by atoms with Crippen molar-refractivity contribution in [2.24, 2.45) is 5.92 Å². The number of aromatic nitrogens is 2. The number of ether oxygens (including phenoxy) is 2. The lowest BCUT2D eigenvalue weighted by Gasteiger charge is -2.33. The number of carbonyl (C=O) groups is 1. The first-order valence-electron chi connectivity index (χ1n) is 11.2. The smallest absolute Gasteiger partial charge is 0.267 e. The van der Waals surface area contributed by atoms with Gasteiger partial charge in [0.2, 0.25) is 5.88 Å². The molecule has 9 nitrogen and oxygen atoms in total. The van der Waals surface area contributed by atoms with Gasteiger partial charge in [-0.3, -0.25) is 4.79 Å². The van der Waals surface area contributed by atoms with Crippen LogP contribution in [0, 0.1) is 11.7 Å². The molecule has 1 fully saturated rings. The van der Waals surface area contributed by atoms with Crippen molar-refractivity contribution in [3.63, 3.8) is 0 Å². The maximum Gasteiger partial charge on any atom is 0.267 e. The van der Waals surface area contributed by atoms with Gasteiger partial charge in [-0.1, -0.05) is 13.8 Å². The quantitative estimate of drug-likeness (QED) is 0.528. The monoisotopic (exact) mass is 494 g/mol. The molecule has 0 bridgehead atoms. The second-order valence-electron chi connectivity index (χ2n) is 8.62. The van der Waals surface area contributed by atoms with Crippen molar-refractivity contribution in [2.45, 2.75) is 50.7 Å². The van der Waals surface area contributed by atoms with E-state index in [4.69, 9.17) is 9.47 Å². The van der Waals surface area contributed by atoms with Crippen LogP contribution in [-0.4, -0.2) is 68.1 Å². The van der Waals surface area contributed by atoms with Crippen LogP contribution in [0.4, 0.5) is 10.2 Å². The number of methoxy groups -OCH3 is 1. The summed E-state index contributed by atoms with van der Waals surface area (Å²) in [6.45, 7) is 6.78. The Labute approximate surface area is 200 Å².